The SMILES string of the molecule is Cc1nc2ccc(Cl)cc2c(-c2ccccc2)c1C1=NN(C(=O)CCC(=O)[O-])[C@H](c2ccc(Cl)cc2Cl)C1. The average molecular weight is 566 g/mol. The summed E-state index contributed by atoms with van der Waals surface area (Å²) < 4.78 is 0. The van der Waals surface area contributed by atoms with Gasteiger partial charge in [-0.15, -0.1) is 0 Å². The number of aromatic nitrogens is 1. The Bertz CT molecular complexity index is 1610. The fraction of sp³-hybridized carbons (Fsp3) is 0.172. The van der Waals surface area contributed by atoms with Crippen LogP contribution in [0.15, 0.2) is 71.8 Å². The van der Waals surface area contributed by atoms with Gasteiger partial charge >= 0.3 is 0 Å². The van der Waals surface area contributed by atoms with E-state index in [0.717, 1.165) is 33.3 Å². The van der Waals surface area contributed by atoms with Crippen molar-refractivity contribution >= 4 is 63.3 Å². The van der Waals surface area contributed by atoms with Crippen molar-refractivity contribution in [1.29, 1.82) is 0 Å². The molecule has 0 spiro atoms. The Morgan fingerprint density at radius 3 is 2.37 bits per heavy atom. The predicted molar refractivity (Wildman–Crippen MR) is 148 cm³/mol. The number of amides is 1. The molecule has 0 saturated heterocycles. The lowest BCUT2D eigenvalue weighted by molar-refractivity contribution is -0.305. The lowest BCUT2D eigenvalue weighted by Crippen LogP contribution is -2.30. The average Bonchev–Trinajstić information content (AvgIpc) is 3.32. The van der Waals surface area contributed by atoms with Crippen molar-refractivity contribution in [2.75, 3.05) is 0 Å². The minimum atomic E-state index is -1.30. The first kappa shape index (κ1) is 26.2. The number of carbonyl (C=O) groups excluding carboxylic acids is 2. The zero-order chi connectivity index (χ0) is 27.0. The van der Waals surface area contributed by atoms with Gasteiger partial charge in [-0.05, 0) is 54.8 Å². The molecule has 192 valence electrons. The number of nitrogens with zero attached hydrogens (tertiary/aromatic N) is 3. The molecule has 9 heteroatoms. The van der Waals surface area contributed by atoms with Crippen LogP contribution in [0.25, 0.3) is 22.0 Å². The molecule has 0 aliphatic carbocycles. The number of pyridine rings is 1. The van der Waals surface area contributed by atoms with E-state index in [4.69, 9.17) is 44.9 Å². The first-order valence-electron chi connectivity index (χ1n) is 11.9. The number of rotatable bonds is 6. The Morgan fingerprint density at radius 1 is 0.947 bits per heavy atom. The fourth-order valence-electron chi connectivity index (χ4n) is 4.84. The maximum absolute atomic E-state index is 13.2. The second-order valence-electron chi connectivity index (χ2n) is 9.02. The van der Waals surface area contributed by atoms with E-state index in [1.54, 1.807) is 24.3 Å². The van der Waals surface area contributed by atoms with Crippen molar-refractivity contribution in [1.82, 2.24) is 9.99 Å². The molecule has 0 N–H and O–H groups in total. The van der Waals surface area contributed by atoms with Crippen molar-refractivity contribution in [3.8, 4) is 11.1 Å². The minimum absolute atomic E-state index is 0.253. The molecule has 1 atom stereocenters. The van der Waals surface area contributed by atoms with Crippen LogP contribution in [0.5, 0.6) is 0 Å². The quantitative estimate of drug-likeness (QED) is 0.272. The minimum Gasteiger partial charge on any atom is -0.550 e. The summed E-state index contributed by atoms with van der Waals surface area (Å²) in [5.41, 5.74) is 5.46. The molecular weight excluding hydrogens is 545 g/mol. The molecule has 0 fully saturated rings. The maximum Gasteiger partial charge on any atom is 0.243 e. The molecule has 6 nitrogen and oxygen atoms in total. The Kier molecular flexibility index (Phi) is 7.39. The first-order valence-corrected chi connectivity index (χ1v) is 13.1. The monoisotopic (exact) mass is 564 g/mol. The Hall–Kier alpha value is -3.45. The molecule has 5 rings (SSSR count). The van der Waals surface area contributed by atoms with E-state index in [0.29, 0.717) is 32.8 Å². The molecule has 0 unspecified atom stereocenters. The Morgan fingerprint density at radius 2 is 1.66 bits per heavy atom. The molecular formula is C29H21Cl3N3O3-. The summed E-state index contributed by atoms with van der Waals surface area (Å²) in [5, 5.41) is 19.4. The van der Waals surface area contributed by atoms with E-state index in [2.05, 4.69) is 0 Å². The number of hydrogen-bond donors (Lipinski definition) is 0. The topological polar surface area (TPSA) is 85.7 Å². The van der Waals surface area contributed by atoms with Gasteiger partial charge in [0.1, 0.15) is 0 Å². The van der Waals surface area contributed by atoms with Gasteiger partial charge < -0.3 is 9.90 Å². The molecule has 1 aromatic heterocycles. The summed E-state index contributed by atoms with van der Waals surface area (Å²) in [7, 11) is 0. The van der Waals surface area contributed by atoms with Crippen LogP contribution < -0.4 is 5.11 Å². The highest BCUT2D eigenvalue weighted by Crippen LogP contribution is 2.42. The molecule has 0 saturated carbocycles. The number of hydrazone groups is 1. The van der Waals surface area contributed by atoms with Gasteiger partial charge in [0.2, 0.25) is 5.91 Å². The Labute approximate surface area is 234 Å². The van der Waals surface area contributed by atoms with Crippen LogP contribution in [0.3, 0.4) is 0 Å². The number of halogens is 3. The van der Waals surface area contributed by atoms with Gasteiger partial charge in [-0.2, -0.15) is 5.10 Å². The summed E-state index contributed by atoms with van der Waals surface area (Å²) in [4.78, 5) is 29.1. The maximum atomic E-state index is 13.2. The van der Waals surface area contributed by atoms with Crippen molar-refractivity contribution in [2.24, 2.45) is 5.10 Å². The molecule has 0 bridgehead atoms. The van der Waals surface area contributed by atoms with Gasteiger partial charge in [0.25, 0.3) is 0 Å². The Balaban J connectivity index is 1.70. The van der Waals surface area contributed by atoms with Crippen LogP contribution in [-0.2, 0) is 9.59 Å². The number of fused-ring (bicyclic) bond motifs is 1. The van der Waals surface area contributed by atoms with E-state index in [1.807, 2.05) is 49.4 Å². The molecule has 1 aliphatic heterocycles. The zero-order valence-electron chi connectivity index (χ0n) is 20.2. The smallest absolute Gasteiger partial charge is 0.243 e. The molecule has 38 heavy (non-hydrogen) atoms. The van der Waals surface area contributed by atoms with Crippen LogP contribution in [-0.4, -0.2) is 27.6 Å². The number of carbonyl (C=O) groups is 2. The van der Waals surface area contributed by atoms with Gasteiger partial charge in [-0.3, -0.25) is 9.78 Å². The van der Waals surface area contributed by atoms with E-state index in [1.165, 1.54) is 5.01 Å². The molecule has 4 aromatic rings. The van der Waals surface area contributed by atoms with E-state index in [9.17, 15) is 14.7 Å². The molecule has 3 aromatic carbocycles. The zero-order valence-corrected chi connectivity index (χ0v) is 22.5. The summed E-state index contributed by atoms with van der Waals surface area (Å²) >= 11 is 19.1. The van der Waals surface area contributed by atoms with Crippen LogP contribution in [0, 0.1) is 6.92 Å². The largest absolute Gasteiger partial charge is 0.550 e. The molecule has 1 amide bonds. The number of carboxylic acid groups (broad SMARTS) is 1. The third kappa shape index (κ3) is 5.12. The fourth-order valence-corrected chi connectivity index (χ4v) is 5.55. The molecule has 0 radical (unpaired) electrons. The number of aliphatic carboxylic acids is 1. The lowest BCUT2D eigenvalue weighted by atomic mass is 9.89. The lowest BCUT2D eigenvalue weighted by Gasteiger charge is -2.23. The molecule has 1 aliphatic rings. The highest BCUT2D eigenvalue weighted by atomic mass is 35.5. The third-order valence-corrected chi connectivity index (χ3v) is 7.31. The summed E-state index contributed by atoms with van der Waals surface area (Å²) in [5.74, 6) is -1.75. The normalized spacial score (nSPS) is 15.1. The number of benzene rings is 3. The van der Waals surface area contributed by atoms with E-state index >= 15 is 0 Å². The molecule has 2 heterocycles. The van der Waals surface area contributed by atoms with E-state index < -0.39 is 24.3 Å². The number of aryl methyl sites for hydroxylation is 1. The highest BCUT2D eigenvalue weighted by molar-refractivity contribution is 6.35. The van der Waals surface area contributed by atoms with Gasteiger partial charge in [-0.1, -0.05) is 71.2 Å². The van der Waals surface area contributed by atoms with Gasteiger partial charge in [0.15, 0.2) is 0 Å². The van der Waals surface area contributed by atoms with Crippen molar-refractivity contribution < 1.29 is 14.7 Å². The van der Waals surface area contributed by atoms with Crippen LogP contribution in [0.2, 0.25) is 15.1 Å². The van der Waals surface area contributed by atoms with Crippen molar-refractivity contribution in [2.45, 2.75) is 32.2 Å². The first-order chi connectivity index (χ1) is 18.2. The van der Waals surface area contributed by atoms with Gasteiger partial charge in [-0.25, -0.2) is 5.01 Å². The summed E-state index contributed by atoms with van der Waals surface area (Å²) in [6.07, 6.45) is -0.324. The number of hydrogen-bond acceptors (Lipinski definition) is 5. The summed E-state index contributed by atoms with van der Waals surface area (Å²) in [6.45, 7) is 1.91. The standard InChI is InChI=1S/C29H22Cl3N3O3/c1-16-28(29(17-5-3-2-4-6-17)21-13-18(30)8-10-23(21)33-16)24-15-25(20-9-7-19(31)14-22(20)32)35(34-24)26(36)11-12-27(37)38/h2-10,13-14,25H,11-12,15H2,1H3,(H,37,38)/p-1/t25-/m0/s1. The number of carboxylic acids is 1. The second-order valence-corrected chi connectivity index (χ2v) is 10.3. The summed E-state index contributed by atoms with van der Waals surface area (Å²) in [6, 6.07) is 19.9. The third-order valence-electron chi connectivity index (χ3n) is 6.51. The van der Waals surface area contributed by atoms with Crippen LogP contribution in [0.4, 0.5) is 0 Å². The second kappa shape index (κ2) is 10.7. The van der Waals surface area contributed by atoms with Gasteiger partial charge in [0, 0.05) is 56.1 Å². The van der Waals surface area contributed by atoms with Crippen molar-refractivity contribution in [3.63, 3.8) is 0 Å². The van der Waals surface area contributed by atoms with Gasteiger partial charge in [0.05, 0.1) is 17.3 Å². The predicted octanol–water partition coefficient (Wildman–Crippen LogP) is 6.38. The van der Waals surface area contributed by atoms with E-state index in [-0.39, 0.29) is 6.42 Å². The highest BCUT2D eigenvalue weighted by Gasteiger charge is 2.36. The van der Waals surface area contributed by atoms with Crippen LogP contribution >= 0.6 is 34.8 Å². The van der Waals surface area contributed by atoms with Crippen LogP contribution in [0.1, 0.15) is 42.1 Å². The van der Waals surface area contributed by atoms with Crippen molar-refractivity contribution in [3.05, 3.63) is 98.6 Å².